The second kappa shape index (κ2) is 9.88. The third-order valence-electron chi connectivity index (χ3n) is 6.16. The van der Waals surface area contributed by atoms with Gasteiger partial charge in [0.2, 0.25) is 5.91 Å². The van der Waals surface area contributed by atoms with E-state index in [0.29, 0.717) is 6.54 Å². The van der Waals surface area contributed by atoms with Crippen molar-refractivity contribution in [1.82, 2.24) is 15.1 Å². The predicted octanol–water partition coefficient (Wildman–Crippen LogP) is 3.45. The average molecular weight is 405 g/mol. The van der Waals surface area contributed by atoms with Crippen LogP contribution < -0.4 is 5.32 Å². The highest BCUT2D eigenvalue weighted by Crippen LogP contribution is 2.29. The number of nitrogens with one attached hydrogen (secondary N) is 1. The number of rotatable bonds is 7. The molecule has 3 rings (SSSR count). The van der Waals surface area contributed by atoms with Crippen molar-refractivity contribution in [3.8, 4) is 6.07 Å². The normalized spacial score (nSPS) is 17.5. The largest absolute Gasteiger partial charge is 0.337 e. The Morgan fingerprint density at radius 3 is 1.93 bits per heavy atom. The molecule has 0 aliphatic carbocycles. The van der Waals surface area contributed by atoms with Crippen molar-refractivity contribution in [2.24, 2.45) is 5.92 Å². The first-order valence-electron chi connectivity index (χ1n) is 10.7. The van der Waals surface area contributed by atoms with Gasteiger partial charge >= 0.3 is 0 Å². The van der Waals surface area contributed by atoms with Crippen LogP contribution in [0.25, 0.3) is 0 Å². The van der Waals surface area contributed by atoms with Gasteiger partial charge in [-0.25, -0.2) is 0 Å². The molecule has 1 amide bonds. The first-order chi connectivity index (χ1) is 14.4. The lowest BCUT2D eigenvalue weighted by Crippen LogP contribution is -2.54. The van der Waals surface area contributed by atoms with Crippen LogP contribution in [0.5, 0.6) is 0 Å². The number of hydrogen-bond donors (Lipinski definition) is 1. The van der Waals surface area contributed by atoms with Crippen LogP contribution in [-0.2, 0) is 4.79 Å². The standard InChI is InChI=1S/C25H32N4O/c1-20(2)25(3,19-26)27-23(30)18-28-14-16-29(17-15-28)24(21-10-6-4-7-11-21)22-12-8-5-9-13-22/h4-13,20,24H,14-18H2,1-3H3,(H,27,30)/t25-/m1/s1. The maximum absolute atomic E-state index is 12.5. The molecule has 2 aromatic rings. The van der Waals surface area contributed by atoms with Gasteiger partial charge in [-0.05, 0) is 24.0 Å². The number of benzene rings is 2. The summed E-state index contributed by atoms with van der Waals surface area (Å²) in [7, 11) is 0. The van der Waals surface area contributed by atoms with Gasteiger partial charge < -0.3 is 5.32 Å². The highest BCUT2D eigenvalue weighted by atomic mass is 16.2. The molecule has 0 aromatic heterocycles. The molecule has 0 spiro atoms. The number of carbonyl (C=O) groups excluding carboxylic acids is 1. The van der Waals surface area contributed by atoms with E-state index in [1.165, 1.54) is 11.1 Å². The lowest BCUT2D eigenvalue weighted by Gasteiger charge is -2.40. The highest BCUT2D eigenvalue weighted by molar-refractivity contribution is 5.79. The van der Waals surface area contributed by atoms with Crippen LogP contribution in [0.15, 0.2) is 60.7 Å². The Hall–Kier alpha value is -2.68. The minimum Gasteiger partial charge on any atom is -0.337 e. The minimum absolute atomic E-state index is 0.0563. The molecule has 1 fully saturated rings. The van der Waals surface area contributed by atoms with Gasteiger partial charge in [0.25, 0.3) is 0 Å². The topological polar surface area (TPSA) is 59.4 Å². The summed E-state index contributed by atoms with van der Waals surface area (Å²) in [6.07, 6.45) is 0. The van der Waals surface area contributed by atoms with Crippen molar-refractivity contribution in [2.45, 2.75) is 32.4 Å². The van der Waals surface area contributed by atoms with Crippen molar-refractivity contribution >= 4 is 5.91 Å². The number of piperazine rings is 1. The number of carbonyl (C=O) groups is 1. The van der Waals surface area contributed by atoms with Crippen molar-refractivity contribution < 1.29 is 4.79 Å². The first kappa shape index (κ1) is 22.0. The Kier molecular flexibility index (Phi) is 7.25. The number of nitrogens with zero attached hydrogens (tertiary/aromatic N) is 3. The van der Waals surface area contributed by atoms with E-state index in [1.807, 2.05) is 26.0 Å². The summed E-state index contributed by atoms with van der Waals surface area (Å²) in [6.45, 7) is 9.47. The minimum atomic E-state index is -0.829. The van der Waals surface area contributed by atoms with Gasteiger partial charge in [0.05, 0.1) is 18.7 Å². The molecule has 1 atom stereocenters. The smallest absolute Gasteiger partial charge is 0.235 e. The number of hydrogen-bond acceptors (Lipinski definition) is 4. The highest BCUT2D eigenvalue weighted by Gasteiger charge is 2.31. The molecule has 1 heterocycles. The van der Waals surface area contributed by atoms with E-state index < -0.39 is 5.54 Å². The Balaban J connectivity index is 1.63. The van der Waals surface area contributed by atoms with Gasteiger partial charge in [-0.2, -0.15) is 5.26 Å². The zero-order valence-corrected chi connectivity index (χ0v) is 18.2. The Bertz CT molecular complexity index is 814. The van der Waals surface area contributed by atoms with E-state index in [9.17, 15) is 10.1 Å². The van der Waals surface area contributed by atoms with Crippen molar-refractivity contribution in [1.29, 1.82) is 5.26 Å². The molecule has 1 saturated heterocycles. The maximum atomic E-state index is 12.5. The molecule has 0 unspecified atom stereocenters. The first-order valence-corrected chi connectivity index (χ1v) is 10.7. The van der Waals surface area contributed by atoms with Crippen LogP contribution in [0.3, 0.4) is 0 Å². The Morgan fingerprint density at radius 1 is 1.00 bits per heavy atom. The fourth-order valence-electron chi connectivity index (χ4n) is 3.90. The van der Waals surface area contributed by atoms with Crippen LogP contribution in [0.1, 0.15) is 37.9 Å². The summed E-state index contributed by atoms with van der Waals surface area (Å²) in [5.74, 6) is -0.0235. The van der Waals surface area contributed by atoms with Crippen LogP contribution in [0.4, 0.5) is 0 Å². The summed E-state index contributed by atoms with van der Waals surface area (Å²) in [5, 5.41) is 12.4. The van der Waals surface area contributed by atoms with Gasteiger partial charge in [-0.1, -0.05) is 74.5 Å². The molecule has 5 nitrogen and oxygen atoms in total. The van der Waals surface area contributed by atoms with E-state index >= 15 is 0 Å². The number of amides is 1. The molecule has 158 valence electrons. The lowest BCUT2D eigenvalue weighted by molar-refractivity contribution is -0.124. The summed E-state index contributed by atoms with van der Waals surface area (Å²) in [5.41, 5.74) is 1.75. The van der Waals surface area contributed by atoms with E-state index in [4.69, 9.17) is 0 Å². The SMILES string of the molecule is CC(C)[C@@](C)(C#N)NC(=O)CN1CCN(C(c2ccccc2)c2ccccc2)CC1. The Morgan fingerprint density at radius 2 is 1.50 bits per heavy atom. The van der Waals surface area contributed by atoms with Gasteiger partial charge in [-0.15, -0.1) is 0 Å². The molecule has 0 radical (unpaired) electrons. The fraction of sp³-hybridized carbons (Fsp3) is 0.440. The Labute approximate surface area is 180 Å². The molecule has 1 aliphatic rings. The average Bonchev–Trinajstić information content (AvgIpc) is 2.76. The second-order valence-corrected chi connectivity index (χ2v) is 8.55. The van der Waals surface area contributed by atoms with E-state index in [-0.39, 0.29) is 17.9 Å². The summed E-state index contributed by atoms with van der Waals surface area (Å²) in [4.78, 5) is 17.2. The number of nitriles is 1. The maximum Gasteiger partial charge on any atom is 0.235 e. The van der Waals surface area contributed by atoms with E-state index in [2.05, 4.69) is 69.7 Å². The molecule has 0 saturated carbocycles. The quantitative estimate of drug-likeness (QED) is 0.768. The molecule has 1 aliphatic heterocycles. The van der Waals surface area contributed by atoms with Crippen molar-refractivity contribution in [2.75, 3.05) is 32.7 Å². The van der Waals surface area contributed by atoms with Crippen LogP contribution >= 0.6 is 0 Å². The fourth-order valence-corrected chi connectivity index (χ4v) is 3.90. The van der Waals surface area contributed by atoms with E-state index in [1.54, 1.807) is 6.92 Å². The van der Waals surface area contributed by atoms with Crippen LogP contribution in [0, 0.1) is 17.2 Å². The predicted molar refractivity (Wildman–Crippen MR) is 120 cm³/mol. The summed E-state index contributed by atoms with van der Waals surface area (Å²) >= 11 is 0. The zero-order chi connectivity index (χ0) is 21.6. The van der Waals surface area contributed by atoms with Crippen LogP contribution in [0.2, 0.25) is 0 Å². The third-order valence-corrected chi connectivity index (χ3v) is 6.16. The summed E-state index contributed by atoms with van der Waals surface area (Å²) in [6, 6.07) is 23.7. The van der Waals surface area contributed by atoms with Gasteiger partial charge in [0.15, 0.2) is 0 Å². The van der Waals surface area contributed by atoms with Gasteiger partial charge in [-0.3, -0.25) is 14.6 Å². The molecule has 5 heteroatoms. The zero-order valence-electron chi connectivity index (χ0n) is 18.2. The van der Waals surface area contributed by atoms with Gasteiger partial charge in [0, 0.05) is 26.2 Å². The molecule has 30 heavy (non-hydrogen) atoms. The second-order valence-electron chi connectivity index (χ2n) is 8.55. The molecular formula is C25H32N4O. The third kappa shape index (κ3) is 5.27. The van der Waals surface area contributed by atoms with Crippen LogP contribution in [-0.4, -0.2) is 54.0 Å². The monoisotopic (exact) mass is 404 g/mol. The van der Waals surface area contributed by atoms with Crippen molar-refractivity contribution in [3.05, 3.63) is 71.8 Å². The molecular weight excluding hydrogens is 372 g/mol. The molecule has 1 N–H and O–H groups in total. The summed E-state index contributed by atoms with van der Waals surface area (Å²) < 4.78 is 0. The molecule has 0 bridgehead atoms. The van der Waals surface area contributed by atoms with Gasteiger partial charge in [0.1, 0.15) is 5.54 Å². The molecule has 2 aromatic carbocycles. The van der Waals surface area contributed by atoms with E-state index in [0.717, 1.165) is 26.2 Å². The lowest BCUT2D eigenvalue weighted by atomic mass is 9.90. The van der Waals surface area contributed by atoms with Crippen molar-refractivity contribution in [3.63, 3.8) is 0 Å².